The summed E-state index contributed by atoms with van der Waals surface area (Å²) in [6.07, 6.45) is 12.8. The van der Waals surface area contributed by atoms with Crippen LogP contribution in [0.15, 0.2) is 30.3 Å². The largest absolute Gasteiger partial charge is 0.353 e. The van der Waals surface area contributed by atoms with Gasteiger partial charge in [0.05, 0.1) is 0 Å². The van der Waals surface area contributed by atoms with Gasteiger partial charge in [-0.2, -0.15) is 0 Å². The van der Waals surface area contributed by atoms with Crippen molar-refractivity contribution in [3.05, 3.63) is 35.9 Å². The lowest BCUT2D eigenvalue weighted by molar-refractivity contribution is -0.140. The van der Waals surface area contributed by atoms with Crippen LogP contribution >= 0.6 is 0 Å². The topological polar surface area (TPSA) is 29.1 Å². The molecule has 188 valence electrons. The third-order valence-electron chi connectivity index (χ3n) is 11.6. The molecule has 1 aromatic carbocycles. The van der Waals surface area contributed by atoms with Gasteiger partial charge in [0.1, 0.15) is 0 Å². The number of piperidine rings is 1. The molecule has 5 rings (SSSR count). The molecule has 1 amide bonds. The zero-order valence-electron chi connectivity index (χ0n) is 22.5. The van der Waals surface area contributed by atoms with E-state index in [2.05, 4.69) is 70.3 Å². The van der Waals surface area contributed by atoms with Gasteiger partial charge < -0.3 is 5.32 Å². The molecule has 0 aromatic heterocycles. The third-order valence-corrected chi connectivity index (χ3v) is 11.6. The van der Waals surface area contributed by atoms with Crippen LogP contribution in [-0.4, -0.2) is 11.9 Å². The zero-order valence-corrected chi connectivity index (χ0v) is 22.5. The molecule has 6 unspecified atom stereocenters. The van der Waals surface area contributed by atoms with E-state index in [1.807, 2.05) is 0 Å². The second kappa shape index (κ2) is 9.29. The van der Waals surface area contributed by atoms with Crippen LogP contribution in [-0.2, 0) is 4.79 Å². The smallest absolute Gasteiger partial charge is 0.220 e. The normalized spacial score (nSPS) is 42.5. The quantitative estimate of drug-likeness (QED) is 0.455. The molecule has 0 bridgehead atoms. The van der Waals surface area contributed by atoms with Gasteiger partial charge in [0.2, 0.25) is 5.91 Å². The van der Waals surface area contributed by atoms with E-state index < -0.39 is 0 Å². The minimum Gasteiger partial charge on any atom is -0.353 e. The van der Waals surface area contributed by atoms with Gasteiger partial charge in [-0.1, -0.05) is 84.2 Å². The molecular weight excluding hydrogens is 414 g/mol. The van der Waals surface area contributed by atoms with Gasteiger partial charge in [-0.25, -0.2) is 0 Å². The fourth-order valence-electron chi connectivity index (χ4n) is 9.78. The average Bonchev–Trinajstić information content (AvgIpc) is 3.17. The Morgan fingerprint density at radius 1 is 0.941 bits per heavy atom. The van der Waals surface area contributed by atoms with Crippen LogP contribution in [0.5, 0.6) is 0 Å². The Hall–Kier alpha value is -1.31. The van der Waals surface area contributed by atoms with Gasteiger partial charge in [0.15, 0.2) is 0 Å². The van der Waals surface area contributed by atoms with E-state index in [-0.39, 0.29) is 11.3 Å². The number of carbonyl (C=O) groups excluding carboxylic acids is 1. The van der Waals surface area contributed by atoms with E-state index in [1.54, 1.807) is 0 Å². The molecule has 34 heavy (non-hydrogen) atoms. The van der Waals surface area contributed by atoms with Crippen LogP contribution in [0.2, 0.25) is 0 Å². The van der Waals surface area contributed by atoms with Gasteiger partial charge in [-0.05, 0) is 96.3 Å². The molecule has 3 aliphatic carbocycles. The molecule has 1 aromatic rings. The molecule has 4 aliphatic rings. The van der Waals surface area contributed by atoms with Crippen molar-refractivity contribution in [2.45, 2.75) is 111 Å². The van der Waals surface area contributed by atoms with Crippen LogP contribution in [0.4, 0.5) is 0 Å². The number of hydrogen-bond acceptors (Lipinski definition) is 1. The Labute approximate surface area is 209 Å². The molecule has 2 heteroatoms. The van der Waals surface area contributed by atoms with Crippen molar-refractivity contribution >= 4 is 5.91 Å². The number of rotatable bonds is 6. The summed E-state index contributed by atoms with van der Waals surface area (Å²) in [5, 5.41) is 3.48. The monoisotopic (exact) mass is 463 g/mol. The fraction of sp³-hybridized carbons (Fsp3) is 0.781. The first kappa shape index (κ1) is 24.4. The summed E-state index contributed by atoms with van der Waals surface area (Å²) in [6.45, 7) is 12.6. The third kappa shape index (κ3) is 4.05. The Bertz CT molecular complexity index is 863. The Kier molecular flexibility index (Phi) is 6.66. The first-order valence-electron chi connectivity index (χ1n) is 14.6. The number of hydrogen-bond donors (Lipinski definition) is 1. The van der Waals surface area contributed by atoms with Crippen LogP contribution in [0, 0.1) is 46.3 Å². The number of nitrogens with one attached hydrogen (secondary N) is 1. The van der Waals surface area contributed by atoms with Gasteiger partial charge in [0, 0.05) is 12.5 Å². The molecule has 1 aliphatic heterocycles. The summed E-state index contributed by atoms with van der Waals surface area (Å²) < 4.78 is 0. The maximum absolute atomic E-state index is 12.4. The average molecular weight is 464 g/mol. The van der Waals surface area contributed by atoms with Crippen LogP contribution < -0.4 is 5.32 Å². The van der Waals surface area contributed by atoms with E-state index in [1.165, 1.54) is 50.5 Å². The second-order valence-electron chi connectivity index (χ2n) is 13.7. The predicted molar refractivity (Wildman–Crippen MR) is 141 cm³/mol. The van der Waals surface area contributed by atoms with Crippen LogP contribution in [0.1, 0.15) is 110 Å². The van der Waals surface area contributed by atoms with Gasteiger partial charge in [-0.3, -0.25) is 4.79 Å². The van der Waals surface area contributed by atoms with E-state index in [0.717, 1.165) is 54.8 Å². The summed E-state index contributed by atoms with van der Waals surface area (Å²) in [4.78, 5) is 12.4. The summed E-state index contributed by atoms with van der Waals surface area (Å²) in [6, 6.07) is 11.7. The summed E-state index contributed by atoms with van der Waals surface area (Å²) in [5.41, 5.74) is 2.29. The molecule has 2 nitrogen and oxygen atoms in total. The molecule has 0 radical (unpaired) electrons. The van der Waals surface area contributed by atoms with Gasteiger partial charge in [0.25, 0.3) is 0 Å². The van der Waals surface area contributed by atoms with Crippen molar-refractivity contribution in [1.82, 2.24) is 5.32 Å². The number of amides is 1. The lowest BCUT2D eigenvalue weighted by Gasteiger charge is -2.63. The first-order valence-corrected chi connectivity index (χ1v) is 14.6. The molecule has 1 N–H and O–H groups in total. The number of fused-ring (bicyclic) bond motifs is 5. The van der Waals surface area contributed by atoms with Crippen molar-refractivity contribution in [2.24, 2.45) is 46.3 Å². The molecule has 1 saturated heterocycles. The molecule has 4 fully saturated rings. The predicted octanol–water partition coefficient (Wildman–Crippen LogP) is 7.98. The Balaban J connectivity index is 1.45. The van der Waals surface area contributed by atoms with E-state index in [4.69, 9.17) is 0 Å². The standard InChI is InChI=1S/C32H49NO/c1-21(2)10-9-11-22(3)25-14-15-26-30-24(23-12-7-6-8-13-23)20-28-32(5,19-17-29(34)33-28)27(30)16-18-31(25,26)4/h6-8,12-13,21-22,24-28,30H,9-11,14-20H2,1-5H3,(H,33,34)/t22?,24-,25?,26?,27?,28?,30?,31-,32-/m1/s1. The van der Waals surface area contributed by atoms with Gasteiger partial charge >= 0.3 is 0 Å². The maximum Gasteiger partial charge on any atom is 0.220 e. The Morgan fingerprint density at radius 3 is 2.41 bits per heavy atom. The summed E-state index contributed by atoms with van der Waals surface area (Å²) in [7, 11) is 0. The number of benzene rings is 1. The highest BCUT2D eigenvalue weighted by atomic mass is 16.1. The second-order valence-corrected chi connectivity index (χ2v) is 13.7. The minimum atomic E-state index is 0.270. The van der Waals surface area contributed by atoms with Crippen molar-refractivity contribution < 1.29 is 4.79 Å². The van der Waals surface area contributed by atoms with Crippen LogP contribution in [0.3, 0.4) is 0 Å². The highest BCUT2D eigenvalue weighted by Gasteiger charge is 2.63. The summed E-state index contributed by atoms with van der Waals surface area (Å²) >= 11 is 0. The molecule has 1 heterocycles. The van der Waals surface area contributed by atoms with E-state index in [9.17, 15) is 4.79 Å². The van der Waals surface area contributed by atoms with Crippen molar-refractivity contribution in [3.8, 4) is 0 Å². The maximum atomic E-state index is 12.4. The fourth-order valence-corrected chi connectivity index (χ4v) is 9.78. The van der Waals surface area contributed by atoms with Crippen LogP contribution in [0.25, 0.3) is 0 Å². The lowest BCUT2D eigenvalue weighted by atomic mass is 9.43. The van der Waals surface area contributed by atoms with E-state index in [0.29, 0.717) is 17.4 Å². The Morgan fingerprint density at radius 2 is 1.68 bits per heavy atom. The first-order chi connectivity index (χ1) is 16.2. The van der Waals surface area contributed by atoms with Crippen molar-refractivity contribution in [2.75, 3.05) is 0 Å². The zero-order chi connectivity index (χ0) is 24.1. The van der Waals surface area contributed by atoms with E-state index >= 15 is 0 Å². The minimum absolute atomic E-state index is 0.270. The summed E-state index contributed by atoms with van der Waals surface area (Å²) in [5.74, 6) is 5.78. The molecule has 0 spiro atoms. The highest BCUT2D eigenvalue weighted by molar-refractivity contribution is 5.77. The van der Waals surface area contributed by atoms with Gasteiger partial charge in [-0.15, -0.1) is 0 Å². The molecule has 3 saturated carbocycles. The molecule has 9 atom stereocenters. The number of carbonyl (C=O) groups is 1. The van der Waals surface area contributed by atoms with Crippen molar-refractivity contribution in [1.29, 1.82) is 0 Å². The highest BCUT2D eigenvalue weighted by Crippen LogP contribution is 2.69. The van der Waals surface area contributed by atoms with Crippen molar-refractivity contribution in [3.63, 3.8) is 0 Å². The molecular formula is C32H49NO. The SMILES string of the molecule is CC(C)CCCC(C)C1CCC2C3C(CC[C@]12C)[C@@]1(C)CCC(=O)NC1C[C@@H]3c1ccccc1. The lowest BCUT2D eigenvalue weighted by Crippen LogP contribution is -2.62.